The molecular weight excluding hydrogens is 401 g/mol. The van der Waals surface area contributed by atoms with E-state index < -0.39 is 0 Å². The monoisotopic (exact) mass is 427 g/mol. The molecule has 0 atom stereocenters. The summed E-state index contributed by atoms with van der Waals surface area (Å²) in [6.45, 7) is 3.14. The Morgan fingerprint density at radius 2 is 1.62 bits per heavy atom. The topological polar surface area (TPSA) is 31.4 Å². The molecule has 32 heavy (non-hydrogen) atoms. The fraction of sp³-hybridized carbons (Fsp3) is 0.179. The number of pyridine rings is 1. The van der Waals surface area contributed by atoms with E-state index in [4.69, 9.17) is 14.5 Å². The summed E-state index contributed by atoms with van der Waals surface area (Å²) < 4.78 is 24.9. The second-order valence-corrected chi connectivity index (χ2v) is 7.59. The summed E-state index contributed by atoms with van der Waals surface area (Å²) in [5, 5.41) is 1.02. The maximum atomic E-state index is 13.0. The first-order valence-electron chi connectivity index (χ1n) is 10.8. The number of ether oxygens (including phenoxy) is 2. The highest BCUT2D eigenvalue weighted by atomic mass is 19.1. The lowest BCUT2D eigenvalue weighted by atomic mass is 10.1. The van der Waals surface area contributed by atoms with Crippen molar-refractivity contribution < 1.29 is 13.9 Å². The molecule has 0 unspecified atom stereocenters. The number of hydrogen-bond acceptors (Lipinski definition) is 3. The van der Waals surface area contributed by atoms with E-state index in [2.05, 4.69) is 37.3 Å². The van der Waals surface area contributed by atoms with Crippen LogP contribution in [0.2, 0.25) is 0 Å². The largest absolute Gasteiger partial charge is 0.494 e. The summed E-state index contributed by atoms with van der Waals surface area (Å²) in [4.78, 5) is 4.83. The van der Waals surface area contributed by atoms with Crippen molar-refractivity contribution in [2.75, 3.05) is 6.61 Å². The van der Waals surface area contributed by atoms with Crippen LogP contribution in [0.4, 0.5) is 4.39 Å². The van der Waals surface area contributed by atoms with Crippen LogP contribution in [-0.2, 0) is 6.61 Å². The molecular formula is C28H26FNO2. The van der Waals surface area contributed by atoms with Gasteiger partial charge in [-0.15, -0.1) is 0 Å². The Balaban J connectivity index is 1.42. The third-order valence-corrected chi connectivity index (χ3v) is 5.21. The molecule has 0 fully saturated rings. The van der Waals surface area contributed by atoms with Gasteiger partial charge in [-0.25, -0.2) is 9.37 Å². The Kier molecular flexibility index (Phi) is 7.13. The van der Waals surface area contributed by atoms with Crippen molar-refractivity contribution in [3.05, 3.63) is 108 Å². The van der Waals surface area contributed by atoms with Crippen molar-refractivity contribution in [3.8, 4) is 11.5 Å². The van der Waals surface area contributed by atoms with Crippen LogP contribution in [0, 0.1) is 12.7 Å². The second-order valence-electron chi connectivity index (χ2n) is 7.59. The van der Waals surface area contributed by atoms with Gasteiger partial charge in [-0.1, -0.05) is 48.5 Å². The lowest BCUT2D eigenvalue weighted by molar-refractivity contribution is 0.307. The molecule has 0 aliphatic rings. The van der Waals surface area contributed by atoms with E-state index in [0.717, 1.165) is 46.3 Å². The normalized spacial score (nSPS) is 11.2. The molecule has 1 aromatic heterocycles. The van der Waals surface area contributed by atoms with Gasteiger partial charge < -0.3 is 9.47 Å². The molecule has 1 heterocycles. The zero-order chi connectivity index (χ0) is 22.2. The Morgan fingerprint density at radius 1 is 0.875 bits per heavy atom. The van der Waals surface area contributed by atoms with Crippen molar-refractivity contribution in [3.63, 3.8) is 0 Å². The number of allylic oxidation sites excluding steroid dienone is 1. The molecule has 0 amide bonds. The lowest BCUT2D eigenvalue weighted by Gasteiger charge is -2.14. The highest BCUT2D eigenvalue weighted by Crippen LogP contribution is 2.31. The maximum absolute atomic E-state index is 13.0. The van der Waals surface area contributed by atoms with Gasteiger partial charge >= 0.3 is 0 Å². The number of rotatable bonds is 9. The van der Waals surface area contributed by atoms with Crippen LogP contribution in [0.1, 0.15) is 29.7 Å². The van der Waals surface area contributed by atoms with E-state index in [1.165, 1.54) is 12.1 Å². The van der Waals surface area contributed by atoms with Crippen LogP contribution >= 0.6 is 0 Å². The van der Waals surface area contributed by atoms with Gasteiger partial charge in [0.1, 0.15) is 23.9 Å². The summed E-state index contributed by atoms with van der Waals surface area (Å²) in [7, 11) is 0. The van der Waals surface area contributed by atoms with Crippen LogP contribution in [0.15, 0.2) is 84.9 Å². The number of para-hydroxylation sites is 1. The van der Waals surface area contributed by atoms with Crippen LogP contribution < -0.4 is 9.47 Å². The minimum absolute atomic E-state index is 0.259. The molecule has 0 bridgehead atoms. The lowest BCUT2D eigenvalue weighted by Crippen LogP contribution is -2.01. The van der Waals surface area contributed by atoms with Crippen molar-refractivity contribution in [1.29, 1.82) is 0 Å². The minimum Gasteiger partial charge on any atom is -0.494 e. The van der Waals surface area contributed by atoms with Gasteiger partial charge in [0.05, 0.1) is 17.8 Å². The Morgan fingerprint density at radius 3 is 2.44 bits per heavy atom. The molecule has 0 aliphatic carbocycles. The number of hydrogen-bond donors (Lipinski definition) is 0. The van der Waals surface area contributed by atoms with E-state index in [0.29, 0.717) is 19.0 Å². The number of aromatic nitrogens is 1. The van der Waals surface area contributed by atoms with Crippen molar-refractivity contribution in [2.45, 2.75) is 26.4 Å². The zero-order valence-corrected chi connectivity index (χ0v) is 18.1. The van der Waals surface area contributed by atoms with E-state index in [9.17, 15) is 4.39 Å². The maximum Gasteiger partial charge on any atom is 0.134 e. The van der Waals surface area contributed by atoms with Gasteiger partial charge in [-0.05, 0) is 67.8 Å². The highest BCUT2D eigenvalue weighted by molar-refractivity contribution is 5.88. The van der Waals surface area contributed by atoms with Crippen LogP contribution in [0.5, 0.6) is 11.5 Å². The van der Waals surface area contributed by atoms with Gasteiger partial charge in [-0.3, -0.25) is 0 Å². The summed E-state index contributed by atoms with van der Waals surface area (Å²) in [5.74, 6) is 1.30. The number of unbranched alkanes of at least 4 members (excludes halogenated alkanes) is 1. The van der Waals surface area contributed by atoms with E-state index in [-0.39, 0.29) is 5.82 Å². The fourth-order valence-electron chi connectivity index (χ4n) is 3.49. The van der Waals surface area contributed by atoms with Gasteiger partial charge in [-0.2, -0.15) is 0 Å². The predicted octanol–water partition coefficient (Wildman–Crippen LogP) is 7.13. The summed E-state index contributed by atoms with van der Waals surface area (Å²) in [6, 6.07) is 24.3. The molecule has 4 heteroatoms. The van der Waals surface area contributed by atoms with Gasteiger partial charge in [0.15, 0.2) is 0 Å². The first kappa shape index (κ1) is 21.6. The molecule has 0 saturated heterocycles. The predicted molar refractivity (Wildman–Crippen MR) is 127 cm³/mol. The summed E-state index contributed by atoms with van der Waals surface area (Å²) in [6.07, 6.45) is 5.88. The van der Waals surface area contributed by atoms with E-state index in [1.54, 1.807) is 12.1 Å². The molecule has 0 N–H and O–H groups in total. The molecule has 0 spiro atoms. The SMILES string of the molecule is Cc1c(/C=C/CCCOc2ccc(F)cc2)nc2ccccc2c1OCc1ccccc1. The van der Waals surface area contributed by atoms with Crippen LogP contribution in [-0.4, -0.2) is 11.6 Å². The van der Waals surface area contributed by atoms with Gasteiger partial charge in [0, 0.05) is 10.9 Å². The second kappa shape index (κ2) is 10.6. The first-order chi connectivity index (χ1) is 15.7. The number of benzene rings is 3. The molecule has 3 aromatic carbocycles. The third kappa shape index (κ3) is 5.52. The zero-order valence-electron chi connectivity index (χ0n) is 18.1. The average molecular weight is 428 g/mol. The van der Waals surface area contributed by atoms with E-state index >= 15 is 0 Å². The van der Waals surface area contributed by atoms with Gasteiger partial charge in [0.25, 0.3) is 0 Å². The number of nitrogens with zero attached hydrogens (tertiary/aromatic N) is 1. The standard InChI is InChI=1S/C28H26FNO2/c1-21-26(13-6-3-9-19-31-24-17-15-23(29)16-18-24)30-27-14-8-7-12-25(27)28(21)32-20-22-10-4-2-5-11-22/h2,4-8,10-18H,3,9,19-20H2,1H3/b13-6+. The Hall–Kier alpha value is -3.66. The fourth-order valence-corrected chi connectivity index (χ4v) is 3.49. The average Bonchev–Trinajstić information content (AvgIpc) is 2.83. The quantitative estimate of drug-likeness (QED) is 0.266. The molecule has 0 aliphatic heterocycles. The molecule has 0 radical (unpaired) electrons. The molecule has 4 aromatic rings. The number of fused-ring (bicyclic) bond motifs is 1. The van der Waals surface area contributed by atoms with Crippen molar-refractivity contribution in [2.24, 2.45) is 0 Å². The highest BCUT2D eigenvalue weighted by Gasteiger charge is 2.11. The Bertz CT molecular complexity index is 1190. The summed E-state index contributed by atoms with van der Waals surface area (Å²) >= 11 is 0. The van der Waals surface area contributed by atoms with E-state index in [1.807, 2.05) is 36.4 Å². The third-order valence-electron chi connectivity index (χ3n) is 5.21. The van der Waals surface area contributed by atoms with Crippen molar-refractivity contribution >= 4 is 17.0 Å². The van der Waals surface area contributed by atoms with Crippen LogP contribution in [0.3, 0.4) is 0 Å². The molecule has 4 rings (SSSR count). The van der Waals surface area contributed by atoms with Crippen molar-refractivity contribution in [1.82, 2.24) is 4.98 Å². The van der Waals surface area contributed by atoms with Gasteiger partial charge in [0.2, 0.25) is 0 Å². The number of halogens is 1. The molecule has 0 saturated carbocycles. The van der Waals surface area contributed by atoms with Crippen LogP contribution in [0.25, 0.3) is 17.0 Å². The molecule has 3 nitrogen and oxygen atoms in total. The smallest absolute Gasteiger partial charge is 0.134 e. The summed E-state index contributed by atoms with van der Waals surface area (Å²) in [5.41, 5.74) is 3.98. The first-order valence-corrected chi connectivity index (χ1v) is 10.8. The molecule has 162 valence electrons. The Labute approximate surface area is 188 Å². The minimum atomic E-state index is -0.259.